The van der Waals surface area contributed by atoms with Crippen molar-refractivity contribution in [2.24, 2.45) is 0 Å². The number of rotatable bonds is 0. The molecule has 0 fully saturated rings. The molecule has 1 heterocycles. The van der Waals surface area contributed by atoms with Gasteiger partial charge < -0.3 is 4.42 Å². The minimum Gasteiger partial charge on any atom is -0.461 e. The molecule has 1 aromatic heterocycles. The fourth-order valence-corrected chi connectivity index (χ4v) is 0.581. The maximum atomic E-state index is 4.46. The molecule has 0 bridgehead atoms. The van der Waals surface area contributed by atoms with E-state index >= 15 is 0 Å². The highest BCUT2D eigenvalue weighted by atomic mass is 16.3. The van der Waals surface area contributed by atoms with Crippen molar-refractivity contribution in [1.29, 1.82) is 0 Å². The third-order valence-corrected chi connectivity index (χ3v) is 1.05. The van der Waals surface area contributed by atoms with Crippen LogP contribution >= 0.6 is 0 Å². The zero-order chi connectivity index (χ0) is 7.78. The van der Waals surface area contributed by atoms with Crippen LogP contribution in [-0.4, -0.2) is 0 Å². The maximum Gasteiger partial charge on any atom is 0.169 e. The lowest BCUT2D eigenvalue weighted by Gasteiger charge is -1.69. The number of hydrogen-bond donors (Lipinski definition) is 0. The van der Waals surface area contributed by atoms with Gasteiger partial charge in [0.1, 0.15) is 0 Å². The first-order valence-corrected chi connectivity index (χ1v) is 3.40. The molecule has 55 valence electrons. The SMILES string of the molecule is [c]1ccco1.c1ccccc1. The van der Waals surface area contributed by atoms with Crippen LogP contribution < -0.4 is 0 Å². The molecule has 1 heteroatoms. The van der Waals surface area contributed by atoms with Gasteiger partial charge in [-0.15, -0.1) is 0 Å². The second-order valence-corrected chi connectivity index (χ2v) is 1.89. The van der Waals surface area contributed by atoms with Gasteiger partial charge in [0.15, 0.2) is 6.26 Å². The molecule has 0 N–H and O–H groups in total. The predicted molar refractivity (Wildman–Crippen MR) is 44.0 cm³/mol. The summed E-state index contributed by atoms with van der Waals surface area (Å²) in [4.78, 5) is 0. The van der Waals surface area contributed by atoms with Gasteiger partial charge in [-0.25, -0.2) is 0 Å². The van der Waals surface area contributed by atoms with E-state index in [9.17, 15) is 0 Å². The third kappa shape index (κ3) is 3.98. The van der Waals surface area contributed by atoms with E-state index in [4.69, 9.17) is 0 Å². The van der Waals surface area contributed by atoms with Crippen molar-refractivity contribution in [3.05, 3.63) is 61.1 Å². The van der Waals surface area contributed by atoms with Crippen molar-refractivity contribution in [2.45, 2.75) is 0 Å². The highest BCUT2D eigenvalue weighted by molar-refractivity contribution is 4.99. The minimum atomic E-state index is 1.57. The van der Waals surface area contributed by atoms with E-state index in [-0.39, 0.29) is 0 Å². The van der Waals surface area contributed by atoms with Gasteiger partial charge in [0.05, 0.1) is 6.26 Å². The van der Waals surface area contributed by atoms with Crippen molar-refractivity contribution in [3.8, 4) is 0 Å². The largest absolute Gasteiger partial charge is 0.461 e. The Hall–Kier alpha value is -1.50. The Morgan fingerprint density at radius 3 is 1.45 bits per heavy atom. The van der Waals surface area contributed by atoms with Crippen LogP contribution in [0.1, 0.15) is 0 Å². The molecule has 1 radical (unpaired) electrons. The van der Waals surface area contributed by atoms with Crippen molar-refractivity contribution < 1.29 is 4.42 Å². The van der Waals surface area contributed by atoms with Crippen LogP contribution in [0.3, 0.4) is 0 Å². The lowest BCUT2D eigenvalue weighted by atomic mass is 10.4. The molecular formula is C10H9O. The first-order chi connectivity index (χ1) is 5.50. The molecule has 0 unspecified atom stereocenters. The topological polar surface area (TPSA) is 13.1 Å². The monoisotopic (exact) mass is 145 g/mol. The summed E-state index contributed by atoms with van der Waals surface area (Å²) >= 11 is 0. The molecule has 2 rings (SSSR count). The fourth-order valence-electron chi connectivity index (χ4n) is 0.581. The van der Waals surface area contributed by atoms with Gasteiger partial charge >= 0.3 is 0 Å². The molecule has 2 aromatic rings. The zero-order valence-corrected chi connectivity index (χ0v) is 6.10. The molecule has 1 nitrogen and oxygen atoms in total. The first kappa shape index (κ1) is 7.61. The number of benzene rings is 1. The van der Waals surface area contributed by atoms with Crippen molar-refractivity contribution >= 4 is 0 Å². The van der Waals surface area contributed by atoms with Crippen LogP contribution in [0.15, 0.2) is 59.2 Å². The summed E-state index contributed by atoms with van der Waals surface area (Å²) in [6.45, 7) is 0. The summed E-state index contributed by atoms with van der Waals surface area (Å²) < 4.78 is 4.46. The Balaban J connectivity index is 0.000000112. The Morgan fingerprint density at radius 2 is 1.27 bits per heavy atom. The number of hydrogen-bond acceptors (Lipinski definition) is 1. The lowest BCUT2D eigenvalue weighted by molar-refractivity contribution is 0.558. The maximum absolute atomic E-state index is 4.46. The minimum absolute atomic E-state index is 1.57. The quantitative estimate of drug-likeness (QED) is 0.555. The summed E-state index contributed by atoms with van der Waals surface area (Å²) in [6, 6.07) is 15.5. The van der Waals surface area contributed by atoms with Crippen LogP contribution in [0.4, 0.5) is 0 Å². The molecule has 0 amide bonds. The van der Waals surface area contributed by atoms with E-state index < -0.39 is 0 Å². The van der Waals surface area contributed by atoms with Crippen molar-refractivity contribution in [2.75, 3.05) is 0 Å². The summed E-state index contributed by atoms with van der Waals surface area (Å²) in [5.41, 5.74) is 0. The molecule has 0 atom stereocenters. The number of furan rings is 1. The van der Waals surface area contributed by atoms with Gasteiger partial charge in [-0.05, 0) is 12.1 Å². The van der Waals surface area contributed by atoms with Crippen molar-refractivity contribution in [1.82, 2.24) is 0 Å². The highest BCUT2D eigenvalue weighted by Gasteiger charge is 1.61. The van der Waals surface area contributed by atoms with Gasteiger partial charge in [0.2, 0.25) is 0 Å². The molecule has 1 aromatic carbocycles. The average Bonchev–Trinajstić information content (AvgIpc) is 2.64. The normalized spacial score (nSPS) is 8.00. The van der Waals surface area contributed by atoms with Gasteiger partial charge in [0.25, 0.3) is 0 Å². The molecule has 0 saturated carbocycles. The molecule has 11 heavy (non-hydrogen) atoms. The Labute approximate surface area is 66.3 Å². The fraction of sp³-hybridized carbons (Fsp3) is 0. The summed E-state index contributed by atoms with van der Waals surface area (Å²) in [7, 11) is 0. The van der Waals surface area contributed by atoms with Crippen LogP contribution in [0, 0.1) is 6.26 Å². The second-order valence-electron chi connectivity index (χ2n) is 1.89. The lowest BCUT2D eigenvalue weighted by Crippen LogP contribution is -1.47. The van der Waals surface area contributed by atoms with Gasteiger partial charge in [0, 0.05) is 0 Å². The zero-order valence-electron chi connectivity index (χ0n) is 6.10. The van der Waals surface area contributed by atoms with Crippen LogP contribution in [0.5, 0.6) is 0 Å². The van der Waals surface area contributed by atoms with E-state index in [2.05, 4.69) is 10.7 Å². The summed E-state index contributed by atoms with van der Waals surface area (Å²) in [5.74, 6) is 0. The highest BCUT2D eigenvalue weighted by Crippen LogP contribution is 1.80. The third-order valence-electron chi connectivity index (χ3n) is 1.05. The van der Waals surface area contributed by atoms with Gasteiger partial charge in [-0.1, -0.05) is 36.4 Å². The summed E-state index contributed by atoms with van der Waals surface area (Å²) in [6.07, 6.45) is 4.06. The average molecular weight is 145 g/mol. The summed E-state index contributed by atoms with van der Waals surface area (Å²) in [5, 5.41) is 0. The van der Waals surface area contributed by atoms with E-state index in [1.807, 2.05) is 36.4 Å². The predicted octanol–water partition coefficient (Wildman–Crippen LogP) is 2.77. The van der Waals surface area contributed by atoms with E-state index in [1.54, 1.807) is 18.4 Å². The van der Waals surface area contributed by atoms with Gasteiger partial charge in [-0.3, -0.25) is 0 Å². The van der Waals surface area contributed by atoms with Crippen LogP contribution in [0.25, 0.3) is 0 Å². The van der Waals surface area contributed by atoms with Crippen molar-refractivity contribution in [3.63, 3.8) is 0 Å². The molecular weight excluding hydrogens is 136 g/mol. The Morgan fingerprint density at radius 1 is 0.727 bits per heavy atom. The molecule has 0 saturated heterocycles. The Bertz CT molecular complexity index is 191. The van der Waals surface area contributed by atoms with E-state index in [0.717, 1.165) is 0 Å². The van der Waals surface area contributed by atoms with Gasteiger partial charge in [-0.2, -0.15) is 0 Å². The molecule has 0 aliphatic carbocycles. The second kappa shape index (κ2) is 5.30. The smallest absolute Gasteiger partial charge is 0.169 e. The van der Waals surface area contributed by atoms with E-state index in [0.29, 0.717) is 0 Å². The molecule has 0 aliphatic rings. The molecule has 0 aliphatic heterocycles. The Kier molecular flexibility index (Phi) is 3.66. The van der Waals surface area contributed by atoms with Crippen LogP contribution in [0.2, 0.25) is 0 Å². The first-order valence-electron chi connectivity index (χ1n) is 3.40. The molecule has 0 spiro atoms. The van der Waals surface area contributed by atoms with Crippen LogP contribution in [-0.2, 0) is 0 Å². The van der Waals surface area contributed by atoms with E-state index in [1.165, 1.54) is 0 Å². The standard InChI is InChI=1S/C6H6.C4H3O/c1-2-4-6-5-3-1;1-2-4-5-3-1/h1-6H;1-3H.